The minimum atomic E-state index is -3.98. The second kappa shape index (κ2) is 48.2. The fourth-order valence-corrected chi connectivity index (χ4v) is 10.7. The molecule has 0 aliphatic heterocycles. The highest BCUT2D eigenvalue weighted by Crippen LogP contribution is 2.43. The van der Waals surface area contributed by atoms with Crippen LogP contribution in [0, 0.1) is 0 Å². The number of alkyl halides is 6. The van der Waals surface area contributed by atoms with E-state index in [0.29, 0.717) is 19.3 Å². The lowest BCUT2D eigenvalue weighted by molar-refractivity contribution is -0.891. The fourth-order valence-electron chi connectivity index (χ4n) is 10.7. The van der Waals surface area contributed by atoms with Gasteiger partial charge in [-0.3, -0.25) is 9.68 Å². The van der Waals surface area contributed by atoms with Crippen molar-refractivity contribution in [1.82, 2.24) is 0 Å². The number of benzene rings is 3. The van der Waals surface area contributed by atoms with Gasteiger partial charge in [-0.15, -0.1) is 0 Å². The summed E-state index contributed by atoms with van der Waals surface area (Å²) in [6.07, 6.45) is 36.6. The summed E-state index contributed by atoms with van der Waals surface area (Å²) in [4.78, 5) is 11.2. The van der Waals surface area contributed by atoms with Crippen LogP contribution in [0.5, 0.6) is 0 Å². The van der Waals surface area contributed by atoms with Gasteiger partial charge in [0.1, 0.15) is 0 Å². The Morgan fingerprint density at radius 2 is 0.524 bits per heavy atom. The summed E-state index contributed by atoms with van der Waals surface area (Å²) in [5.74, 6) is 0. The maximum atomic E-state index is 12.0. The van der Waals surface area contributed by atoms with E-state index in [2.05, 4.69) is 36.4 Å². The van der Waals surface area contributed by atoms with E-state index in [1.807, 2.05) is 116 Å². The third kappa shape index (κ3) is 38.9. The molecule has 468 valence electrons. The molecule has 14 heteroatoms. The number of pyridine rings is 2. The molecule has 0 spiro atoms. The zero-order valence-electron chi connectivity index (χ0n) is 50.8. The molecular formula is C70H103BF6N2O5. The van der Waals surface area contributed by atoms with Crippen molar-refractivity contribution < 1.29 is 60.2 Å². The smallest absolute Gasteiger partial charge is 0.389 e. The van der Waals surface area contributed by atoms with Crippen LogP contribution in [-0.4, -0.2) is 39.5 Å². The molecule has 0 unspecified atom stereocenters. The molecule has 2 heterocycles. The van der Waals surface area contributed by atoms with Gasteiger partial charge in [-0.25, -0.2) is 0 Å². The highest BCUT2D eigenvalue weighted by molar-refractivity contribution is 6.28. The molecule has 7 nitrogen and oxygen atoms in total. The molecule has 2 aromatic heterocycles. The number of halogens is 6. The maximum Gasteiger partial charge on any atom is 0.389 e. The molecule has 0 radical (unpaired) electrons. The van der Waals surface area contributed by atoms with Crippen LogP contribution >= 0.6 is 0 Å². The molecule has 0 amide bonds. The standard InChI is InChI=1S/2C24H41F3NO.C22H21BO3/c2*25-24(26,27)20-16-13-11-9-7-5-3-1-2-4-6-8-10-12-14-19-23-29-28-21-17-15-18-22-28;24-23(25)26-18-10-17-22(19-11-4-1-5-12-19,20-13-6-2-7-14-20)21-15-8-3-9-16-21/h2*15,17-18,21-22H,1-14,16,19-20,23H2;1-9,11-16H,10,17-18H2/q2*+1;-2. The van der Waals surface area contributed by atoms with Gasteiger partial charge < -0.3 is 14.7 Å². The molecule has 0 aliphatic rings. The molecule has 0 atom stereocenters. The van der Waals surface area contributed by atoms with Crippen LogP contribution in [0.25, 0.3) is 0 Å². The van der Waals surface area contributed by atoms with E-state index >= 15 is 0 Å². The predicted octanol–water partition coefficient (Wildman–Crippen LogP) is 17.7. The van der Waals surface area contributed by atoms with Crippen molar-refractivity contribution in [3.8, 4) is 0 Å². The quantitative estimate of drug-likeness (QED) is 0.0127. The Labute approximate surface area is 503 Å². The lowest BCUT2D eigenvalue weighted by Gasteiger charge is -2.37. The largest absolute Gasteiger partial charge is 0.871 e. The van der Waals surface area contributed by atoms with E-state index in [0.717, 1.165) is 71.0 Å². The summed E-state index contributed by atoms with van der Waals surface area (Å²) >= 11 is 0. The van der Waals surface area contributed by atoms with Crippen molar-refractivity contribution >= 4 is 7.32 Å². The second-order valence-corrected chi connectivity index (χ2v) is 22.4. The molecule has 0 saturated heterocycles. The monoisotopic (exact) mass is 1180 g/mol. The lowest BCUT2D eigenvalue weighted by atomic mass is 9.67. The average Bonchev–Trinajstić information content (AvgIpc) is 2.56. The summed E-state index contributed by atoms with van der Waals surface area (Å²) in [7, 11) is -2.23. The third-order valence-electron chi connectivity index (χ3n) is 15.3. The van der Waals surface area contributed by atoms with Gasteiger partial charge in [0.25, 0.3) is 0 Å². The van der Waals surface area contributed by atoms with Gasteiger partial charge in [-0.2, -0.15) is 26.3 Å². The van der Waals surface area contributed by atoms with Crippen molar-refractivity contribution in [2.24, 2.45) is 0 Å². The molecule has 0 fully saturated rings. The average molecular weight is 1180 g/mol. The Kier molecular flexibility index (Phi) is 42.1. The molecule has 84 heavy (non-hydrogen) atoms. The molecule has 5 aromatic rings. The third-order valence-corrected chi connectivity index (χ3v) is 15.3. The van der Waals surface area contributed by atoms with E-state index in [9.17, 15) is 36.4 Å². The minimum absolute atomic E-state index is 0.159. The summed E-state index contributed by atoms with van der Waals surface area (Å²) in [6, 6.07) is 42.9. The summed E-state index contributed by atoms with van der Waals surface area (Å²) in [6.45, 7) is 1.72. The second-order valence-electron chi connectivity index (χ2n) is 22.4. The van der Waals surface area contributed by atoms with E-state index < -0.39 is 32.5 Å². The van der Waals surface area contributed by atoms with Crippen LogP contribution in [0.15, 0.2) is 152 Å². The first-order valence-electron chi connectivity index (χ1n) is 32.3. The van der Waals surface area contributed by atoms with Crippen molar-refractivity contribution in [3.05, 3.63) is 169 Å². The van der Waals surface area contributed by atoms with Crippen molar-refractivity contribution in [2.75, 3.05) is 19.8 Å². The molecule has 0 bridgehead atoms. The van der Waals surface area contributed by atoms with Crippen LogP contribution in [0.2, 0.25) is 0 Å². The van der Waals surface area contributed by atoms with Crippen LogP contribution in [-0.2, 0) is 10.1 Å². The highest BCUT2D eigenvalue weighted by Gasteiger charge is 2.35. The van der Waals surface area contributed by atoms with Crippen molar-refractivity contribution in [1.29, 1.82) is 0 Å². The van der Waals surface area contributed by atoms with Crippen molar-refractivity contribution in [2.45, 2.75) is 249 Å². The molecule has 3 aromatic carbocycles. The zero-order chi connectivity index (χ0) is 60.3. The Balaban J connectivity index is 0.000000331. The summed E-state index contributed by atoms with van der Waals surface area (Å²) in [5.41, 5.74) is 3.17. The van der Waals surface area contributed by atoms with E-state index in [-0.39, 0.29) is 12.0 Å². The first kappa shape index (κ1) is 73.3. The number of nitrogens with zero attached hydrogens (tertiary/aromatic N) is 2. The molecular weight excluding hydrogens is 1070 g/mol. The van der Waals surface area contributed by atoms with Crippen LogP contribution in [0.1, 0.15) is 248 Å². The van der Waals surface area contributed by atoms with Gasteiger partial charge >= 0.3 is 12.4 Å². The zero-order valence-corrected chi connectivity index (χ0v) is 50.8. The molecule has 0 aliphatic carbocycles. The van der Waals surface area contributed by atoms with E-state index in [4.69, 9.17) is 14.3 Å². The normalized spacial score (nSPS) is 11.6. The number of unbranched alkanes of at least 4 members (excludes halogenated alkanes) is 30. The first-order valence-corrected chi connectivity index (χ1v) is 32.3. The Morgan fingerprint density at radius 3 is 0.774 bits per heavy atom. The van der Waals surface area contributed by atoms with E-state index in [1.165, 1.54) is 158 Å². The van der Waals surface area contributed by atoms with Crippen molar-refractivity contribution in [3.63, 3.8) is 0 Å². The van der Waals surface area contributed by atoms with Gasteiger partial charge in [-0.05, 0) is 68.1 Å². The summed E-state index contributed by atoms with van der Waals surface area (Å²) in [5, 5.41) is 21.4. The summed E-state index contributed by atoms with van der Waals surface area (Å²) < 4.78 is 80.3. The maximum absolute atomic E-state index is 12.0. The van der Waals surface area contributed by atoms with Crippen LogP contribution in [0.3, 0.4) is 0 Å². The predicted molar refractivity (Wildman–Crippen MR) is 325 cm³/mol. The van der Waals surface area contributed by atoms with Gasteiger partial charge in [0, 0.05) is 58.6 Å². The van der Waals surface area contributed by atoms with Gasteiger partial charge in [0.05, 0.1) is 7.32 Å². The SMILES string of the molecule is FC(F)(F)CCCCCCCCCCCCCCCCCCO[n+]1ccccc1.FC(F)(F)CCCCCCCCCCCCCCCCCCO[n+]1ccccc1.[O-]B([O-])OCCCC(c1ccccc1)(c1ccccc1)c1ccccc1. The van der Waals surface area contributed by atoms with Gasteiger partial charge in [0.2, 0.25) is 24.8 Å². The van der Waals surface area contributed by atoms with E-state index in [1.54, 1.807) is 9.46 Å². The number of aromatic nitrogens is 2. The first-order chi connectivity index (χ1) is 40.9. The fraction of sp³-hybridized carbons (Fsp3) is 0.600. The molecule has 0 N–H and O–H groups in total. The minimum Gasteiger partial charge on any atom is -0.871 e. The van der Waals surface area contributed by atoms with Gasteiger partial charge in [-0.1, -0.05) is 270 Å². The topological polar surface area (TPSA) is 81.6 Å². The number of hydrogen-bond donors (Lipinski definition) is 0. The number of hydrogen-bond acceptors (Lipinski definition) is 5. The molecule has 5 rings (SSSR count). The van der Waals surface area contributed by atoms with Crippen LogP contribution in [0.4, 0.5) is 26.3 Å². The highest BCUT2D eigenvalue weighted by atomic mass is 19.4. The Morgan fingerprint density at radius 1 is 0.286 bits per heavy atom. The Bertz CT molecular complexity index is 2010. The number of rotatable bonds is 46. The van der Waals surface area contributed by atoms with Crippen LogP contribution < -0.4 is 29.2 Å². The molecule has 0 saturated carbocycles. The lowest BCUT2D eigenvalue weighted by Crippen LogP contribution is -2.48. The van der Waals surface area contributed by atoms with Gasteiger partial charge in [0.15, 0.2) is 13.2 Å². The Hall–Kier alpha value is -4.92.